The Morgan fingerprint density at radius 3 is 2.58 bits per heavy atom. The summed E-state index contributed by atoms with van der Waals surface area (Å²) in [6.45, 7) is 6.45. The van der Waals surface area contributed by atoms with Gasteiger partial charge in [0, 0.05) is 17.4 Å². The summed E-state index contributed by atoms with van der Waals surface area (Å²) >= 11 is 0. The Bertz CT molecular complexity index is 590. The number of allylic oxidation sites excluding steroid dienone is 1. The Labute approximate surface area is 140 Å². The van der Waals surface area contributed by atoms with Crippen molar-refractivity contribution >= 4 is 11.9 Å². The summed E-state index contributed by atoms with van der Waals surface area (Å²) in [6.07, 6.45) is -0.0695. The Morgan fingerprint density at radius 1 is 1.42 bits per heavy atom. The van der Waals surface area contributed by atoms with Gasteiger partial charge in [0.05, 0.1) is 24.5 Å². The van der Waals surface area contributed by atoms with E-state index in [0.717, 1.165) is 0 Å². The molecule has 2 N–H and O–H groups in total. The fourth-order valence-corrected chi connectivity index (χ4v) is 3.55. The maximum atomic E-state index is 12.1. The van der Waals surface area contributed by atoms with Gasteiger partial charge in [-0.3, -0.25) is 0 Å². The molecule has 134 valence electrons. The first kappa shape index (κ1) is 18.5. The molecule has 0 radical (unpaired) electrons. The molecule has 6 atom stereocenters. The van der Waals surface area contributed by atoms with Crippen LogP contribution in [0.3, 0.4) is 0 Å². The highest BCUT2D eigenvalue weighted by Gasteiger charge is 2.64. The van der Waals surface area contributed by atoms with Crippen LogP contribution in [-0.2, 0) is 23.8 Å². The molecule has 24 heavy (non-hydrogen) atoms. The van der Waals surface area contributed by atoms with Crippen LogP contribution in [0.1, 0.15) is 27.7 Å². The second-order valence-corrected chi connectivity index (χ2v) is 6.47. The van der Waals surface area contributed by atoms with E-state index < -0.39 is 47.7 Å². The molecule has 0 saturated heterocycles. The van der Waals surface area contributed by atoms with Gasteiger partial charge in [0.1, 0.15) is 18.3 Å². The lowest BCUT2D eigenvalue weighted by Crippen LogP contribution is -2.47. The van der Waals surface area contributed by atoms with E-state index in [0.29, 0.717) is 5.57 Å². The Hall–Kier alpha value is -1.86. The van der Waals surface area contributed by atoms with Crippen molar-refractivity contribution in [3.63, 3.8) is 0 Å². The number of carbonyl (C=O) groups is 2. The van der Waals surface area contributed by atoms with Crippen molar-refractivity contribution < 1.29 is 34.0 Å². The molecule has 1 fully saturated rings. The third-order valence-electron chi connectivity index (χ3n) is 5.02. The normalized spacial score (nSPS) is 38.7. The van der Waals surface area contributed by atoms with E-state index in [1.54, 1.807) is 26.8 Å². The molecule has 7 nitrogen and oxygen atoms in total. The number of methoxy groups -OCH3 is 1. The van der Waals surface area contributed by atoms with Crippen LogP contribution in [0.25, 0.3) is 0 Å². The van der Waals surface area contributed by atoms with Crippen molar-refractivity contribution in [3.8, 4) is 0 Å². The smallest absolute Gasteiger partial charge is 0.337 e. The van der Waals surface area contributed by atoms with Crippen molar-refractivity contribution in [2.75, 3.05) is 7.11 Å². The maximum Gasteiger partial charge on any atom is 0.337 e. The van der Waals surface area contributed by atoms with Crippen molar-refractivity contribution in [1.82, 2.24) is 0 Å². The van der Waals surface area contributed by atoms with Gasteiger partial charge in [-0.2, -0.15) is 0 Å². The van der Waals surface area contributed by atoms with E-state index >= 15 is 0 Å². The zero-order valence-electron chi connectivity index (χ0n) is 14.5. The average Bonchev–Trinajstić information content (AvgIpc) is 2.75. The van der Waals surface area contributed by atoms with Gasteiger partial charge < -0.3 is 24.4 Å². The van der Waals surface area contributed by atoms with Crippen LogP contribution in [0, 0.1) is 11.8 Å². The number of esters is 2. The maximum absolute atomic E-state index is 12.1. The Morgan fingerprint density at radius 2 is 2.04 bits per heavy atom. The Kier molecular flexibility index (Phi) is 5.05. The number of fused-ring (bicyclic) bond motifs is 1. The van der Waals surface area contributed by atoms with Crippen LogP contribution in [0.2, 0.25) is 0 Å². The lowest BCUT2D eigenvalue weighted by atomic mass is 9.78. The highest BCUT2D eigenvalue weighted by atomic mass is 16.6. The van der Waals surface area contributed by atoms with Gasteiger partial charge in [-0.05, 0) is 27.7 Å². The molecule has 0 bridgehead atoms. The number of aliphatic hydroxyl groups excluding tert-OH is 1. The highest BCUT2D eigenvalue weighted by Crippen LogP contribution is 2.50. The molecule has 7 heteroatoms. The minimum absolute atomic E-state index is 0.133. The van der Waals surface area contributed by atoms with Gasteiger partial charge in [-0.15, -0.1) is 0 Å². The SMILES string of the molecule is C/C=C(\C)C(=O)O[C@H]1[C@@H]2C(C(=O)OC)=COC(C)[C@@H]2[C@@](C)(O)[C@H]1O. The van der Waals surface area contributed by atoms with E-state index in [2.05, 4.69) is 0 Å². The summed E-state index contributed by atoms with van der Waals surface area (Å²) in [7, 11) is 1.23. The van der Waals surface area contributed by atoms with Crippen molar-refractivity contribution in [1.29, 1.82) is 0 Å². The summed E-state index contributed by atoms with van der Waals surface area (Å²) in [4.78, 5) is 24.2. The van der Waals surface area contributed by atoms with Gasteiger partial charge in [-0.25, -0.2) is 9.59 Å². The van der Waals surface area contributed by atoms with Crippen LogP contribution >= 0.6 is 0 Å². The van der Waals surface area contributed by atoms with E-state index in [4.69, 9.17) is 14.2 Å². The fraction of sp³-hybridized carbons (Fsp3) is 0.647. The van der Waals surface area contributed by atoms with E-state index in [9.17, 15) is 19.8 Å². The molecule has 1 unspecified atom stereocenters. The number of rotatable bonds is 3. The number of hydrogen-bond donors (Lipinski definition) is 2. The molecule has 0 spiro atoms. The molecule has 0 aromatic carbocycles. The summed E-state index contributed by atoms with van der Waals surface area (Å²) in [5, 5.41) is 21.3. The van der Waals surface area contributed by atoms with Gasteiger partial charge in [-0.1, -0.05) is 6.08 Å². The third kappa shape index (κ3) is 2.82. The lowest BCUT2D eigenvalue weighted by Gasteiger charge is -2.37. The van der Waals surface area contributed by atoms with Crippen LogP contribution in [0.15, 0.2) is 23.5 Å². The number of hydrogen-bond acceptors (Lipinski definition) is 7. The number of aliphatic hydroxyl groups is 2. The topological polar surface area (TPSA) is 102 Å². The van der Waals surface area contributed by atoms with E-state index in [1.165, 1.54) is 20.3 Å². The zero-order chi connectivity index (χ0) is 18.2. The van der Waals surface area contributed by atoms with Crippen molar-refractivity contribution in [2.24, 2.45) is 11.8 Å². The molecular weight excluding hydrogens is 316 g/mol. The largest absolute Gasteiger partial charge is 0.497 e. The summed E-state index contributed by atoms with van der Waals surface area (Å²) in [5.41, 5.74) is -1.09. The summed E-state index contributed by atoms with van der Waals surface area (Å²) < 4.78 is 15.6. The third-order valence-corrected chi connectivity index (χ3v) is 5.02. The van der Waals surface area contributed by atoms with E-state index in [1.807, 2.05) is 0 Å². The van der Waals surface area contributed by atoms with Gasteiger partial charge in [0.2, 0.25) is 0 Å². The molecule has 1 aliphatic heterocycles. The zero-order valence-corrected chi connectivity index (χ0v) is 14.5. The van der Waals surface area contributed by atoms with Crippen LogP contribution < -0.4 is 0 Å². The lowest BCUT2D eigenvalue weighted by molar-refractivity contribution is -0.156. The highest BCUT2D eigenvalue weighted by molar-refractivity contribution is 5.90. The van der Waals surface area contributed by atoms with Gasteiger partial charge in [0.25, 0.3) is 0 Å². The molecule has 1 saturated carbocycles. The van der Waals surface area contributed by atoms with Crippen molar-refractivity contribution in [3.05, 3.63) is 23.5 Å². The van der Waals surface area contributed by atoms with Crippen LogP contribution in [0.5, 0.6) is 0 Å². The first-order chi connectivity index (χ1) is 11.2. The Balaban J connectivity index is 2.45. The molecule has 0 aromatic heterocycles. The van der Waals surface area contributed by atoms with Crippen LogP contribution in [-0.4, -0.2) is 53.2 Å². The number of ether oxygens (including phenoxy) is 3. The minimum atomic E-state index is -1.59. The monoisotopic (exact) mass is 340 g/mol. The van der Waals surface area contributed by atoms with Crippen molar-refractivity contribution in [2.45, 2.75) is 51.6 Å². The molecule has 0 amide bonds. The predicted molar refractivity (Wildman–Crippen MR) is 83.6 cm³/mol. The van der Waals surface area contributed by atoms with Gasteiger partial charge >= 0.3 is 11.9 Å². The first-order valence-electron chi connectivity index (χ1n) is 7.85. The van der Waals surface area contributed by atoms with E-state index in [-0.39, 0.29) is 5.57 Å². The molecule has 1 heterocycles. The summed E-state index contributed by atoms with van der Waals surface area (Å²) in [6, 6.07) is 0. The minimum Gasteiger partial charge on any atom is -0.497 e. The molecule has 0 aromatic rings. The molecule has 1 aliphatic carbocycles. The second-order valence-electron chi connectivity index (χ2n) is 6.47. The second kappa shape index (κ2) is 6.57. The molecule has 2 rings (SSSR count). The first-order valence-corrected chi connectivity index (χ1v) is 7.85. The fourth-order valence-electron chi connectivity index (χ4n) is 3.55. The predicted octanol–water partition coefficient (Wildman–Crippen LogP) is 0.698. The molecule has 2 aliphatic rings. The standard InChI is InChI=1S/C17H24O7/c1-6-8(2)15(19)24-13-11-10(16(20)22-5)7-23-9(3)12(11)17(4,21)14(13)18/h6-7,9,11-14,18,21H,1-5H3/b8-6+/t9?,11-,12+,13+,14+,17-/m1/s1. The quantitative estimate of drug-likeness (QED) is 0.576. The van der Waals surface area contributed by atoms with Gasteiger partial charge in [0.15, 0.2) is 0 Å². The van der Waals surface area contributed by atoms with Crippen LogP contribution in [0.4, 0.5) is 0 Å². The average molecular weight is 340 g/mol. The number of carbonyl (C=O) groups excluding carboxylic acids is 2. The summed E-state index contributed by atoms with van der Waals surface area (Å²) in [5.74, 6) is -2.61. The molecular formula is C17H24O7.